The summed E-state index contributed by atoms with van der Waals surface area (Å²) in [5, 5.41) is 0.593. The SMILES string of the molecule is Nc1cc(Cl)ccc1-c1nc2cc(Br)ccc2o1. The second kappa shape index (κ2) is 4.30. The van der Waals surface area contributed by atoms with Crippen LogP contribution in [0.15, 0.2) is 45.3 Å². The Balaban J connectivity index is 2.19. The maximum Gasteiger partial charge on any atom is 0.229 e. The third-order valence-corrected chi connectivity index (χ3v) is 3.32. The highest BCUT2D eigenvalue weighted by atomic mass is 79.9. The number of nitrogens with two attached hydrogens (primary N) is 1. The Labute approximate surface area is 117 Å². The van der Waals surface area contributed by atoms with Gasteiger partial charge in [0, 0.05) is 15.2 Å². The number of benzene rings is 2. The molecular formula is C13H8BrClN2O. The van der Waals surface area contributed by atoms with Crippen molar-refractivity contribution in [2.24, 2.45) is 0 Å². The summed E-state index contributed by atoms with van der Waals surface area (Å²) in [5.74, 6) is 0.497. The molecule has 18 heavy (non-hydrogen) atoms. The molecule has 0 unspecified atom stereocenters. The minimum absolute atomic E-state index is 0.497. The van der Waals surface area contributed by atoms with Gasteiger partial charge in [-0.05, 0) is 36.4 Å². The van der Waals surface area contributed by atoms with Gasteiger partial charge in [0.05, 0.1) is 5.56 Å². The molecule has 90 valence electrons. The average molecular weight is 324 g/mol. The number of nitrogen functional groups attached to an aromatic ring is 1. The molecule has 0 atom stereocenters. The van der Waals surface area contributed by atoms with E-state index in [1.165, 1.54) is 0 Å². The molecule has 0 saturated heterocycles. The normalized spacial score (nSPS) is 11.0. The Morgan fingerprint density at radius 2 is 2.00 bits per heavy atom. The van der Waals surface area contributed by atoms with E-state index in [2.05, 4.69) is 20.9 Å². The van der Waals surface area contributed by atoms with Crippen LogP contribution in [0.3, 0.4) is 0 Å². The Morgan fingerprint density at radius 1 is 1.17 bits per heavy atom. The van der Waals surface area contributed by atoms with E-state index in [1.54, 1.807) is 18.2 Å². The smallest absolute Gasteiger partial charge is 0.229 e. The summed E-state index contributed by atoms with van der Waals surface area (Å²) in [6, 6.07) is 10.9. The van der Waals surface area contributed by atoms with E-state index in [-0.39, 0.29) is 0 Å². The highest BCUT2D eigenvalue weighted by Gasteiger charge is 2.11. The van der Waals surface area contributed by atoms with Crippen molar-refractivity contribution in [3.63, 3.8) is 0 Å². The molecule has 2 aromatic carbocycles. The predicted molar refractivity (Wildman–Crippen MR) is 76.6 cm³/mol. The number of oxazole rings is 1. The Kier molecular flexibility index (Phi) is 2.76. The molecule has 3 nitrogen and oxygen atoms in total. The van der Waals surface area contributed by atoms with E-state index in [0.29, 0.717) is 16.6 Å². The molecule has 0 spiro atoms. The van der Waals surface area contributed by atoms with Gasteiger partial charge in [0.1, 0.15) is 5.52 Å². The van der Waals surface area contributed by atoms with Crippen molar-refractivity contribution < 1.29 is 4.42 Å². The van der Waals surface area contributed by atoms with E-state index >= 15 is 0 Å². The van der Waals surface area contributed by atoms with E-state index < -0.39 is 0 Å². The molecule has 0 aliphatic carbocycles. The van der Waals surface area contributed by atoms with Crippen molar-refractivity contribution in [2.45, 2.75) is 0 Å². The Hall–Kier alpha value is -1.52. The van der Waals surface area contributed by atoms with Crippen LogP contribution in [0.25, 0.3) is 22.6 Å². The number of halogens is 2. The summed E-state index contributed by atoms with van der Waals surface area (Å²) in [4.78, 5) is 4.41. The average Bonchev–Trinajstić information content (AvgIpc) is 2.71. The molecule has 0 aliphatic heterocycles. The number of anilines is 1. The van der Waals surface area contributed by atoms with Crippen molar-refractivity contribution in [1.29, 1.82) is 0 Å². The van der Waals surface area contributed by atoms with Crippen LogP contribution < -0.4 is 5.73 Å². The third kappa shape index (κ3) is 1.98. The first-order chi connectivity index (χ1) is 8.63. The van der Waals surface area contributed by atoms with Crippen LogP contribution in [0.1, 0.15) is 0 Å². The summed E-state index contributed by atoms with van der Waals surface area (Å²) in [7, 11) is 0. The molecular weight excluding hydrogens is 316 g/mol. The minimum atomic E-state index is 0.497. The summed E-state index contributed by atoms with van der Waals surface area (Å²) >= 11 is 9.26. The van der Waals surface area contributed by atoms with Crippen LogP contribution in [0.4, 0.5) is 5.69 Å². The number of aromatic nitrogens is 1. The standard InChI is InChI=1S/C13H8BrClN2O/c14-7-1-4-12-11(5-7)17-13(18-12)9-3-2-8(15)6-10(9)16/h1-6H,16H2. The lowest BCUT2D eigenvalue weighted by Gasteiger charge is -2.00. The topological polar surface area (TPSA) is 52.0 Å². The van der Waals surface area contributed by atoms with Gasteiger partial charge in [-0.25, -0.2) is 4.98 Å². The van der Waals surface area contributed by atoms with E-state index in [9.17, 15) is 0 Å². The number of hydrogen-bond donors (Lipinski definition) is 1. The molecule has 3 rings (SSSR count). The summed E-state index contributed by atoms with van der Waals surface area (Å²) in [6.45, 7) is 0. The van der Waals surface area contributed by atoms with Gasteiger partial charge in [-0.1, -0.05) is 27.5 Å². The summed E-state index contributed by atoms with van der Waals surface area (Å²) in [5.41, 5.74) is 8.71. The molecule has 3 aromatic rings. The van der Waals surface area contributed by atoms with Gasteiger partial charge in [-0.15, -0.1) is 0 Å². The molecule has 1 aromatic heterocycles. The first-order valence-corrected chi connectivity index (χ1v) is 6.42. The van der Waals surface area contributed by atoms with E-state index in [4.69, 9.17) is 21.8 Å². The molecule has 0 radical (unpaired) electrons. The van der Waals surface area contributed by atoms with Crippen molar-refractivity contribution in [2.75, 3.05) is 5.73 Å². The lowest BCUT2D eigenvalue weighted by Crippen LogP contribution is -1.89. The van der Waals surface area contributed by atoms with Crippen molar-refractivity contribution >= 4 is 44.3 Å². The fourth-order valence-electron chi connectivity index (χ4n) is 1.74. The van der Waals surface area contributed by atoms with Crippen LogP contribution >= 0.6 is 27.5 Å². The van der Waals surface area contributed by atoms with Gasteiger partial charge in [-0.3, -0.25) is 0 Å². The van der Waals surface area contributed by atoms with Gasteiger partial charge in [0.15, 0.2) is 5.58 Å². The Morgan fingerprint density at radius 3 is 2.78 bits per heavy atom. The maximum absolute atomic E-state index is 5.91. The van der Waals surface area contributed by atoms with Gasteiger partial charge in [0.25, 0.3) is 0 Å². The predicted octanol–water partition coefficient (Wildman–Crippen LogP) is 4.49. The summed E-state index contributed by atoms with van der Waals surface area (Å²) < 4.78 is 6.63. The molecule has 0 aliphatic rings. The lowest BCUT2D eigenvalue weighted by molar-refractivity contribution is 0.620. The summed E-state index contributed by atoms with van der Waals surface area (Å²) in [6.07, 6.45) is 0. The van der Waals surface area contributed by atoms with Crippen molar-refractivity contribution in [3.8, 4) is 11.5 Å². The zero-order valence-electron chi connectivity index (χ0n) is 9.15. The molecule has 0 fully saturated rings. The van der Waals surface area contributed by atoms with Gasteiger partial charge < -0.3 is 10.2 Å². The fourth-order valence-corrected chi connectivity index (χ4v) is 2.27. The zero-order chi connectivity index (χ0) is 12.7. The van der Waals surface area contributed by atoms with Gasteiger partial charge >= 0.3 is 0 Å². The van der Waals surface area contributed by atoms with Crippen LogP contribution in [0.2, 0.25) is 5.02 Å². The minimum Gasteiger partial charge on any atom is -0.436 e. The zero-order valence-corrected chi connectivity index (χ0v) is 11.5. The molecule has 1 heterocycles. The number of hydrogen-bond acceptors (Lipinski definition) is 3. The number of nitrogens with zero attached hydrogens (tertiary/aromatic N) is 1. The quantitative estimate of drug-likeness (QED) is 0.671. The lowest BCUT2D eigenvalue weighted by atomic mass is 10.2. The highest BCUT2D eigenvalue weighted by Crippen LogP contribution is 2.31. The van der Waals surface area contributed by atoms with Crippen LogP contribution in [-0.4, -0.2) is 4.98 Å². The largest absolute Gasteiger partial charge is 0.436 e. The molecule has 0 saturated carbocycles. The maximum atomic E-state index is 5.91. The van der Waals surface area contributed by atoms with Gasteiger partial charge in [-0.2, -0.15) is 0 Å². The second-order valence-corrected chi connectivity index (χ2v) is 5.21. The van der Waals surface area contributed by atoms with Crippen molar-refractivity contribution in [1.82, 2.24) is 4.98 Å². The molecule has 0 bridgehead atoms. The van der Waals surface area contributed by atoms with E-state index in [1.807, 2.05) is 18.2 Å². The molecule has 0 amide bonds. The van der Waals surface area contributed by atoms with Crippen molar-refractivity contribution in [3.05, 3.63) is 45.9 Å². The highest BCUT2D eigenvalue weighted by molar-refractivity contribution is 9.10. The first-order valence-electron chi connectivity index (χ1n) is 5.25. The van der Waals surface area contributed by atoms with Crippen LogP contribution in [0, 0.1) is 0 Å². The van der Waals surface area contributed by atoms with Crippen LogP contribution in [0.5, 0.6) is 0 Å². The van der Waals surface area contributed by atoms with Gasteiger partial charge in [0.2, 0.25) is 5.89 Å². The van der Waals surface area contributed by atoms with E-state index in [0.717, 1.165) is 21.1 Å². The monoisotopic (exact) mass is 322 g/mol. The number of fused-ring (bicyclic) bond motifs is 1. The molecule has 5 heteroatoms. The Bertz CT molecular complexity index is 739. The fraction of sp³-hybridized carbons (Fsp3) is 0. The van der Waals surface area contributed by atoms with Crippen LogP contribution in [-0.2, 0) is 0 Å². The third-order valence-electron chi connectivity index (χ3n) is 2.59. The second-order valence-electron chi connectivity index (χ2n) is 3.86. The molecule has 2 N–H and O–H groups in total. The number of rotatable bonds is 1. The first kappa shape index (κ1) is 11.6.